The van der Waals surface area contributed by atoms with Crippen LogP contribution in [-0.2, 0) is 22.6 Å². The minimum atomic E-state index is -0.604. The lowest BCUT2D eigenvalue weighted by Crippen LogP contribution is -2.62. The first-order valence-corrected chi connectivity index (χ1v) is 11.6. The smallest absolute Gasteiger partial charge is 0.379 e. The van der Waals surface area contributed by atoms with Gasteiger partial charge in [0.1, 0.15) is 11.9 Å². The molecule has 0 aliphatic carbocycles. The van der Waals surface area contributed by atoms with Crippen LogP contribution in [0.15, 0.2) is 35.5 Å². The molecule has 2 saturated heterocycles. The third-order valence-corrected chi connectivity index (χ3v) is 6.74. The van der Waals surface area contributed by atoms with Gasteiger partial charge in [-0.05, 0) is 25.8 Å². The second kappa shape index (κ2) is 8.72. The monoisotopic (exact) mass is 451 g/mol. The first kappa shape index (κ1) is 21.8. The first-order valence-electron chi connectivity index (χ1n) is 11.6. The van der Waals surface area contributed by atoms with Crippen molar-refractivity contribution in [3.8, 4) is 0 Å². The number of hydrogen-bond donors (Lipinski definition) is 0. The van der Waals surface area contributed by atoms with Crippen molar-refractivity contribution >= 4 is 23.7 Å². The number of aryl methyl sites for hydroxylation is 2. The number of fused-ring (bicyclic) bond motifs is 3. The van der Waals surface area contributed by atoms with Gasteiger partial charge in [0.05, 0.1) is 26.3 Å². The number of amidine groups is 1. The Hall–Kier alpha value is -3.04. The molecular formula is C24H31N6O3+. The number of urea groups is 1. The summed E-state index contributed by atoms with van der Waals surface area (Å²) in [6.07, 6.45) is 2.97. The molecule has 3 aliphatic heterocycles. The predicted octanol–water partition coefficient (Wildman–Crippen LogP) is 1.79. The summed E-state index contributed by atoms with van der Waals surface area (Å²) in [5, 5.41) is 0. The Bertz CT molecular complexity index is 1100. The molecule has 0 N–H and O–H groups in total. The first-order chi connectivity index (χ1) is 15.9. The number of aliphatic imine (C=N–C) groups is 1. The van der Waals surface area contributed by atoms with Crippen molar-refractivity contribution < 1.29 is 18.9 Å². The van der Waals surface area contributed by atoms with Crippen LogP contribution in [0.2, 0.25) is 0 Å². The van der Waals surface area contributed by atoms with Gasteiger partial charge in [0, 0.05) is 26.7 Å². The molecular weight excluding hydrogens is 420 g/mol. The van der Waals surface area contributed by atoms with E-state index >= 15 is 0 Å². The number of carbonyl (C=O) groups is 2. The molecule has 4 heterocycles. The molecule has 9 nitrogen and oxygen atoms in total. The second-order valence-electron chi connectivity index (χ2n) is 9.06. The molecule has 2 fully saturated rings. The van der Waals surface area contributed by atoms with Gasteiger partial charge in [-0.1, -0.05) is 34.8 Å². The summed E-state index contributed by atoms with van der Waals surface area (Å²) in [7, 11) is 1.70. The van der Waals surface area contributed by atoms with Crippen LogP contribution in [-0.4, -0.2) is 76.9 Å². The largest absolute Gasteiger partial charge is 0.401 e. The minimum absolute atomic E-state index is 0.230. The van der Waals surface area contributed by atoms with E-state index in [1.54, 1.807) is 7.05 Å². The maximum Gasteiger partial charge on any atom is 0.401 e. The number of likely N-dealkylation sites (N-methyl/N-ethyl adjacent to an activating group) is 1. The van der Waals surface area contributed by atoms with Crippen molar-refractivity contribution in [2.75, 3.05) is 39.9 Å². The van der Waals surface area contributed by atoms with Crippen LogP contribution >= 0.6 is 0 Å². The normalized spacial score (nSPS) is 20.8. The molecule has 2 aromatic rings. The van der Waals surface area contributed by atoms with Gasteiger partial charge in [0.2, 0.25) is 11.9 Å². The fourth-order valence-electron chi connectivity index (χ4n) is 4.81. The number of rotatable bonds is 6. The molecule has 174 valence electrons. The number of morpholine rings is 1. The molecule has 1 unspecified atom stereocenters. The average Bonchev–Trinajstić information content (AvgIpc) is 3.33. The van der Waals surface area contributed by atoms with Gasteiger partial charge in [0.25, 0.3) is 5.91 Å². The van der Waals surface area contributed by atoms with E-state index in [-0.39, 0.29) is 18.5 Å². The molecule has 3 amide bonds. The van der Waals surface area contributed by atoms with E-state index in [9.17, 15) is 9.59 Å². The summed E-state index contributed by atoms with van der Waals surface area (Å²) in [6, 6.07) is 6.97. The molecule has 0 spiro atoms. The summed E-state index contributed by atoms with van der Waals surface area (Å²) < 4.78 is 9.51. The van der Waals surface area contributed by atoms with Gasteiger partial charge in [-0.25, -0.2) is 13.9 Å². The number of benzene rings is 1. The van der Waals surface area contributed by atoms with Crippen molar-refractivity contribution in [1.29, 1.82) is 0 Å². The number of imidazole rings is 1. The Kier molecular flexibility index (Phi) is 5.76. The third kappa shape index (κ3) is 3.95. The predicted molar refractivity (Wildman–Crippen MR) is 122 cm³/mol. The van der Waals surface area contributed by atoms with E-state index < -0.39 is 6.04 Å². The summed E-state index contributed by atoms with van der Waals surface area (Å²) in [6.45, 7) is 9.66. The molecule has 3 aliphatic rings. The molecule has 1 atom stereocenters. The Labute approximate surface area is 193 Å². The van der Waals surface area contributed by atoms with E-state index in [1.165, 1.54) is 9.80 Å². The van der Waals surface area contributed by atoms with E-state index in [0.29, 0.717) is 5.84 Å². The van der Waals surface area contributed by atoms with E-state index in [0.717, 1.165) is 68.6 Å². The number of imide groups is 1. The van der Waals surface area contributed by atoms with Gasteiger partial charge in [-0.3, -0.25) is 19.5 Å². The SMILES string of the molecule is Cc1ccc(CN2C(=O)C3C(=Nc4n(CCCN5CCOCC5)c(C)c[n+]43)N(C)C2=O)cc1. The standard InChI is InChI=1S/C24H31N6O3/c1-17-5-7-19(8-6-17)16-30-22(31)20-21(26(3)24(30)32)25-23-28(18(2)15-29(20)23)10-4-9-27-11-13-33-14-12-27/h5-8,15,20H,4,9-14,16H2,1-3H3/q+1. The van der Waals surface area contributed by atoms with E-state index in [4.69, 9.17) is 9.73 Å². The fraction of sp³-hybridized carbons (Fsp3) is 0.500. The van der Waals surface area contributed by atoms with E-state index in [1.807, 2.05) is 48.9 Å². The molecule has 5 rings (SSSR count). The van der Waals surface area contributed by atoms with Gasteiger partial charge in [-0.2, -0.15) is 0 Å². The van der Waals surface area contributed by atoms with Crippen LogP contribution in [0.1, 0.15) is 29.3 Å². The lowest BCUT2D eigenvalue weighted by Gasteiger charge is -2.33. The van der Waals surface area contributed by atoms with Gasteiger partial charge < -0.3 is 4.74 Å². The average molecular weight is 452 g/mol. The number of ether oxygens (including phenoxy) is 1. The highest BCUT2D eigenvalue weighted by Gasteiger charge is 2.53. The lowest BCUT2D eigenvalue weighted by molar-refractivity contribution is -0.677. The third-order valence-electron chi connectivity index (χ3n) is 6.74. The van der Waals surface area contributed by atoms with Crippen LogP contribution in [0, 0.1) is 13.8 Å². The molecule has 1 aromatic carbocycles. The van der Waals surface area contributed by atoms with Crippen molar-refractivity contribution in [3.05, 3.63) is 47.3 Å². The van der Waals surface area contributed by atoms with Crippen LogP contribution in [0.4, 0.5) is 10.7 Å². The van der Waals surface area contributed by atoms with Crippen molar-refractivity contribution in [3.63, 3.8) is 0 Å². The van der Waals surface area contributed by atoms with E-state index in [2.05, 4.69) is 9.47 Å². The minimum Gasteiger partial charge on any atom is -0.379 e. The Morgan fingerprint density at radius 1 is 1.09 bits per heavy atom. The highest BCUT2D eigenvalue weighted by atomic mass is 16.5. The Morgan fingerprint density at radius 3 is 2.55 bits per heavy atom. The summed E-state index contributed by atoms with van der Waals surface area (Å²) in [5.74, 6) is 1.01. The molecule has 0 bridgehead atoms. The Balaban J connectivity index is 1.36. The molecule has 1 aromatic heterocycles. The number of aromatic nitrogens is 2. The zero-order chi connectivity index (χ0) is 23.1. The fourth-order valence-corrected chi connectivity index (χ4v) is 4.81. The molecule has 0 radical (unpaired) electrons. The Morgan fingerprint density at radius 2 is 1.82 bits per heavy atom. The van der Waals surface area contributed by atoms with Crippen molar-refractivity contribution in [2.45, 2.75) is 39.4 Å². The van der Waals surface area contributed by atoms with Crippen LogP contribution in [0.25, 0.3) is 0 Å². The number of carbonyl (C=O) groups excluding carboxylic acids is 2. The van der Waals surface area contributed by atoms with Crippen LogP contribution in [0.3, 0.4) is 0 Å². The van der Waals surface area contributed by atoms with Crippen molar-refractivity contribution in [2.24, 2.45) is 4.99 Å². The summed E-state index contributed by atoms with van der Waals surface area (Å²) >= 11 is 0. The van der Waals surface area contributed by atoms with Crippen molar-refractivity contribution in [1.82, 2.24) is 19.3 Å². The summed E-state index contributed by atoms with van der Waals surface area (Å²) in [5.41, 5.74) is 3.13. The van der Waals surface area contributed by atoms with Gasteiger partial charge in [-0.15, -0.1) is 0 Å². The number of amides is 3. The quantitative estimate of drug-likeness (QED) is 0.628. The van der Waals surface area contributed by atoms with Gasteiger partial charge >= 0.3 is 12.0 Å². The second-order valence-corrected chi connectivity index (χ2v) is 9.06. The number of nitrogens with zero attached hydrogens (tertiary/aromatic N) is 6. The molecule has 0 saturated carbocycles. The zero-order valence-corrected chi connectivity index (χ0v) is 19.5. The molecule has 33 heavy (non-hydrogen) atoms. The topological polar surface area (TPSA) is 74.3 Å². The maximum absolute atomic E-state index is 13.5. The highest BCUT2D eigenvalue weighted by Crippen LogP contribution is 2.30. The maximum atomic E-state index is 13.5. The highest BCUT2D eigenvalue weighted by molar-refractivity contribution is 6.18. The van der Waals surface area contributed by atoms with Gasteiger partial charge in [0.15, 0.2) is 0 Å². The zero-order valence-electron chi connectivity index (χ0n) is 19.5. The summed E-state index contributed by atoms with van der Waals surface area (Å²) in [4.78, 5) is 36.6. The van der Waals surface area contributed by atoms with Crippen LogP contribution < -0.4 is 4.57 Å². The lowest BCUT2D eigenvalue weighted by atomic mass is 10.1. The molecule has 9 heteroatoms. The number of hydrogen-bond acceptors (Lipinski definition) is 5. The van der Waals surface area contributed by atoms with Crippen LogP contribution in [0.5, 0.6) is 0 Å².